The third-order valence-electron chi connectivity index (χ3n) is 3.76. The normalized spacial score (nSPS) is 23.7. The molecule has 2 N–H and O–H groups in total. The summed E-state index contributed by atoms with van der Waals surface area (Å²) in [6.45, 7) is 2.05. The first-order chi connectivity index (χ1) is 11.1. The second kappa shape index (κ2) is 6.68. The Hall–Kier alpha value is -1.92. The van der Waals surface area contributed by atoms with Gasteiger partial charge in [0.15, 0.2) is 0 Å². The van der Waals surface area contributed by atoms with Crippen LogP contribution in [0, 0.1) is 11.6 Å². The lowest BCUT2D eigenvalue weighted by atomic mass is 10.0. The zero-order valence-electron chi connectivity index (χ0n) is 12.4. The van der Waals surface area contributed by atoms with Crippen LogP contribution in [0.2, 0.25) is 0 Å². The maximum absolute atomic E-state index is 13.7. The summed E-state index contributed by atoms with van der Waals surface area (Å²) in [7, 11) is 0. The Balaban J connectivity index is 1.71. The maximum atomic E-state index is 13.7. The highest BCUT2D eigenvalue weighted by atomic mass is 32.2. The fraction of sp³-hybridized carbons (Fsp3) is 0.235. The van der Waals surface area contributed by atoms with Gasteiger partial charge in [-0.1, -0.05) is 43.3 Å². The van der Waals surface area contributed by atoms with Gasteiger partial charge in [-0.05, 0) is 17.7 Å². The Labute approximate surface area is 137 Å². The smallest absolute Gasteiger partial charge is 0.259 e. The predicted molar refractivity (Wildman–Crippen MR) is 87.0 cm³/mol. The van der Waals surface area contributed by atoms with Crippen molar-refractivity contribution >= 4 is 17.7 Å². The molecule has 0 aromatic heterocycles. The molecule has 1 heterocycles. The molecule has 1 aliphatic heterocycles. The van der Waals surface area contributed by atoms with Crippen LogP contribution in [-0.2, 0) is 0 Å². The van der Waals surface area contributed by atoms with E-state index in [0.29, 0.717) is 0 Å². The zero-order valence-corrected chi connectivity index (χ0v) is 13.2. The highest BCUT2D eigenvalue weighted by molar-refractivity contribution is 8.00. The number of halogens is 2. The minimum Gasteiger partial charge on any atom is -0.327 e. The minimum absolute atomic E-state index is 0.0666. The van der Waals surface area contributed by atoms with Crippen LogP contribution in [-0.4, -0.2) is 16.7 Å². The second-order valence-corrected chi connectivity index (χ2v) is 6.83. The molecule has 3 atom stereocenters. The zero-order chi connectivity index (χ0) is 16.4. The first-order valence-electron chi connectivity index (χ1n) is 7.27. The van der Waals surface area contributed by atoms with E-state index >= 15 is 0 Å². The van der Waals surface area contributed by atoms with Gasteiger partial charge in [-0.3, -0.25) is 10.1 Å². The van der Waals surface area contributed by atoms with Crippen LogP contribution in [0.3, 0.4) is 0 Å². The van der Waals surface area contributed by atoms with Crippen molar-refractivity contribution in [3.05, 3.63) is 71.3 Å². The summed E-state index contributed by atoms with van der Waals surface area (Å²) in [6.07, 6.45) is 0. The summed E-state index contributed by atoms with van der Waals surface area (Å²) in [4.78, 5) is 12.1. The average Bonchev–Trinajstić information content (AvgIpc) is 2.88. The van der Waals surface area contributed by atoms with E-state index in [2.05, 4.69) is 10.6 Å². The third kappa shape index (κ3) is 3.38. The molecule has 6 heteroatoms. The van der Waals surface area contributed by atoms with Crippen LogP contribution < -0.4 is 10.6 Å². The summed E-state index contributed by atoms with van der Waals surface area (Å²) in [5.74, 6) is -2.48. The van der Waals surface area contributed by atoms with Gasteiger partial charge in [0, 0.05) is 11.3 Å². The SMILES string of the molecule is CC1SC(NC(=O)c2c(F)cccc2F)NC1c1ccccc1. The van der Waals surface area contributed by atoms with E-state index in [1.807, 2.05) is 37.3 Å². The summed E-state index contributed by atoms with van der Waals surface area (Å²) < 4.78 is 27.3. The number of carbonyl (C=O) groups is 1. The van der Waals surface area contributed by atoms with Crippen molar-refractivity contribution in [3.63, 3.8) is 0 Å². The predicted octanol–water partition coefficient (Wildman–Crippen LogP) is 3.44. The van der Waals surface area contributed by atoms with Crippen molar-refractivity contribution in [1.82, 2.24) is 10.6 Å². The molecule has 1 aliphatic rings. The fourth-order valence-corrected chi connectivity index (χ4v) is 3.86. The highest BCUT2D eigenvalue weighted by Crippen LogP contribution is 2.35. The van der Waals surface area contributed by atoms with Crippen LogP contribution >= 0.6 is 11.8 Å². The number of hydrogen-bond donors (Lipinski definition) is 2. The number of carbonyl (C=O) groups excluding carboxylic acids is 1. The van der Waals surface area contributed by atoms with Gasteiger partial charge in [0.05, 0.1) is 0 Å². The summed E-state index contributed by atoms with van der Waals surface area (Å²) in [5, 5.41) is 6.14. The molecule has 0 radical (unpaired) electrons. The summed E-state index contributed by atoms with van der Waals surface area (Å²) in [5.41, 5.74) is 0.161. The first kappa shape index (κ1) is 16.0. The Bertz CT molecular complexity index is 691. The lowest BCUT2D eigenvalue weighted by Crippen LogP contribution is -2.41. The summed E-state index contributed by atoms with van der Waals surface area (Å²) in [6, 6.07) is 13.3. The lowest BCUT2D eigenvalue weighted by molar-refractivity contribution is 0.0936. The topological polar surface area (TPSA) is 41.1 Å². The van der Waals surface area contributed by atoms with Gasteiger partial charge in [0.25, 0.3) is 5.91 Å². The van der Waals surface area contributed by atoms with Crippen molar-refractivity contribution in [3.8, 4) is 0 Å². The quantitative estimate of drug-likeness (QED) is 0.903. The molecule has 0 aliphatic carbocycles. The standard InChI is InChI=1S/C17H16F2N2OS/c1-10-15(11-6-3-2-4-7-11)20-17(23-10)21-16(22)14-12(18)8-5-9-13(14)19/h2-10,15,17,20H,1H3,(H,21,22). The van der Waals surface area contributed by atoms with Crippen LogP contribution in [0.15, 0.2) is 48.5 Å². The van der Waals surface area contributed by atoms with Gasteiger partial charge in [-0.2, -0.15) is 0 Å². The monoisotopic (exact) mass is 334 g/mol. The Morgan fingerprint density at radius 3 is 2.39 bits per heavy atom. The molecule has 1 amide bonds. The molecule has 0 bridgehead atoms. The molecular formula is C17H16F2N2OS. The van der Waals surface area contributed by atoms with Gasteiger partial charge < -0.3 is 5.32 Å². The van der Waals surface area contributed by atoms with Crippen LogP contribution in [0.1, 0.15) is 28.9 Å². The number of nitrogens with one attached hydrogen (secondary N) is 2. The number of hydrogen-bond acceptors (Lipinski definition) is 3. The molecule has 120 valence electrons. The van der Waals surface area contributed by atoms with Crippen molar-refractivity contribution in [2.75, 3.05) is 0 Å². The van der Waals surface area contributed by atoms with Crippen LogP contribution in [0.5, 0.6) is 0 Å². The van der Waals surface area contributed by atoms with E-state index in [-0.39, 0.29) is 11.3 Å². The molecule has 2 aromatic rings. The van der Waals surface area contributed by atoms with E-state index in [0.717, 1.165) is 17.7 Å². The Morgan fingerprint density at radius 1 is 1.09 bits per heavy atom. The highest BCUT2D eigenvalue weighted by Gasteiger charge is 2.33. The van der Waals surface area contributed by atoms with Gasteiger partial charge in [0.1, 0.15) is 22.7 Å². The van der Waals surface area contributed by atoms with Gasteiger partial charge >= 0.3 is 0 Å². The van der Waals surface area contributed by atoms with E-state index in [4.69, 9.17) is 0 Å². The molecule has 3 rings (SSSR count). The molecule has 1 saturated heterocycles. The molecule has 1 fully saturated rings. The number of thioether (sulfide) groups is 1. The van der Waals surface area contributed by atoms with Gasteiger partial charge in [0.2, 0.25) is 0 Å². The van der Waals surface area contributed by atoms with Gasteiger partial charge in [-0.25, -0.2) is 8.78 Å². The van der Waals surface area contributed by atoms with E-state index in [1.54, 1.807) is 0 Å². The Morgan fingerprint density at radius 2 is 1.74 bits per heavy atom. The minimum atomic E-state index is -0.863. The van der Waals surface area contributed by atoms with Crippen molar-refractivity contribution in [1.29, 1.82) is 0 Å². The van der Waals surface area contributed by atoms with Gasteiger partial charge in [-0.15, -0.1) is 11.8 Å². The van der Waals surface area contributed by atoms with Crippen molar-refractivity contribution < 1.29 is 13.6 Å². The van der Waals surface area contributed by atoms with E-state index < -0.39 is 28.6 Å². The molecular weight excluding hydrogens is 318 g/mol. The maximum Gasteiger partial charge on any atom is 0.259 e. The number of rotatable bonds is 3. The molecule has 0 saturated carbocycles. The molecule has 2 aromatic carbocycles. The first-order valence-corrected chi connectivity index (χ1v) is 8.22. The molecule has 3 unspecified atom stereocenters. The molecule has 23 heavy (non-hydrogen) atoms. The summed E-state index contributed by atoms with van der Waals surface area (Å²) >= 11 is 1.52. The second-order valence-electron chi connectivity index (χ2n) is 5.35. The van der Waals surface area contributed by atoms with E-state index in [9.17, 15) is 13.6 Å². The van der Waals surface area contributed by atoms with Crippen molar-refractivity contribution in [2.45, 2.75) is 23.7 Å². The number of benzene rings is 2. The molecule has 0 spiro atoms. The van der Waals surface area contributed by atoms with E-state index in [1.165, 1.54) is 17.8 Å². The lowest BCUT2D eigenvalue weighted by Gasteiger charge is -2.16. The Kier molecular flexibility index (Phi) is 4.63. The van der Waals surface area contributed by atoms with Crippen LogP contribution in [0.4, 0.5) is 8.78 Å². The largest absolute Gasteiger partial charge is 0.327 e. The molecule has 3 nitrogen and oxygen atoms in total. The van der Waals surface area contributed by atoms with Crippen LogP contribution in [0.25, 0.3) is 0 Å². The average molecular weight is 334 g/mol. The van der Waals surface area contributed by atoms with Crippen molar-refractivity contribution in [2.24, 2.45) is 0 Å². The third-order valence-corrected chi connectivity index (χ3v) is 4.99. The fourth-order valence-electron chi connectivity index (χ4n) is 2.64. The number of amides is 1.